The van der Waals surface area contributed by atoms with Crippen molar-refractivity contribution < 1.29 is 14.3 Å². The van der Waals surface area contributed by atoms with Gasteiger partial charge in [-0.25, -0.2) is 4.79 Å². The van der Waals surface area contributed by atoms with Crippen LogP contribution in [0.5, 0.6) is 0 Å². The van der Waals surface area contributed by atoms with Gasteiger partial charge < -0.3 is 9.47 Å². The molecule has 0 aliphatic heterocycles. The monoisotopic (exact) mass is 141 g/mol. The highest BCUT2D eigenvalue weighted by atomic mass is 16.5. The van der Waals surface area contributed by atoms with Crippen LogP contribution in [0.25, 0.3) is 0 Å². The Balaban J connectivity index is 3.48. The van der Waals surface area contributed by atoms with Gasteiger partial charge in [0, 0.05) is 5.92 Å². The summed E-state index contributed by atoms with van der Waals surface area (Å²) in [4.78, 5) is 10.4. The van der Waals surface area contributed by atoms with Crippen molar-refractivity contribution in [2.45, 2.75) is 6.92 Å². The van der Waals surface area contributed by atoms with Crippen LogP contribution in [0.1, 0.15) is 6.92 Å². The zero-order valence-corrected chi connectivity index (χ0v) is 5.85. The Labute approximate surface area is 60.3 Å². The second-order valence-corrected chi connectivity index (χ2v) is 1.37. The Kier molecular flexibility index (Phi) is 5.50. The fourth-order valence-corrected chi connectivity index (χ4v) is 0.326. The number of esters is 1. The van der Waals surface area contributed by atoms with Crippen LogP contribution in [0.3, 0.4) is 0 Å². The normalized spacial score (nSPS) is 7.80. The standard InChI is InChI=1S/C7H9O3/c1-3-10-7(8)5-4-6-9-2/h2-3,6H2,1H3. The first-order valence-electron chi connectivity index (χ1n) is 2.83. The Morgan fingerprint density at radius 1 is 1.70 bits per heavy atom. The molecule has 10 heavy (non-hydrogen) atoms. The minimum absolute atomic E-state index is 0.152. The predicted molar refractivity (Wildman–Crippen MR) is 35.7 cm³/mol. The maximum Gasteiger partial charge on any atom is 0.384 e. The Morgan fingerprint density at radius 3 is 2.90 bits per heavy atom. The molecule has 0 aliphatic rings. The van der Waals surface area contributed by atoms with Crippen LogP contribution in [0.2, 0.25) is 0 Å². The number of ether oxygens (including phenoxy) is 2. The van der Waals surface area contributed by atoms with Crippen LogP contribution in [0.15, 0.2) is 0 Å². The van der Waals surface area contributed by atoms with Crippen molar-refractivity contribution in [2.24, 2.45) is 0 Å². The summed E-state index contributed by atoms with van der Waals surface area (Å²) in [6.07, 6.45) is 0. The van der Waals surface area contributed by atoms with Crippen LogP contribution in [-0.4, -0.2) is 19.2 Å². The molecule has 0 aromatic heterocycles. The Hall–Kier alpha value is -1.01. The highest BCUT2D eigenvalue weighted by Gasteiger charge is 1.90. The fourth-order valence-electron chi connectivity index (χ4n) is 0.326. The van der Waals surface area contributed by atoms with Crippen LogP contribution >= 0.6 is 0 Å². The number of carbonyl (C=O) groups excluding carboxylic acids is 1. The largest absolute Gasteiger partial charge is 0.456 e. The van der Waals surface area contributed by atoms with E-state index in [2.05, 4.69) is 28.4 Å². The maximum absolute atomic E-state index is 10.4. The minimum atomic E-state index is -0.528. The van der Waals surface area contributed by atoms with E-state index in [0.29, 0.717) is 6.61 Å². The van der Waals surface area contributed by atoms with Crippen LogP contribution < -0.4 is 0 Å². The van der Waals surface area contributed by atoms with Crippen molar-refractivity contribution in [1.82, 2.24) is 0 Å². The van der Waals surface area contributed by atoms with Crippen molar-refractivity contribution in [3.05, 3.63) is 7.11 Å². The lowest BCUT2D eigenvalue weighted by Gasteiger charge is -1.90. The van der Waals surface area contributed by atoms with Gasteiger partial charge >= 0.3 is 5.97 Å². The van der Waals surface area contributed by atoms with Crippen LogP contribution in [0, 0.1) is 19.0 Å². The lowest BCUT2D eigenvalue weighted by Crippen LogP contribution is -1.99. The number of hydrogen-bond donors (Lipinski definition) is 0. The maximum atomic E-state index is 10.4. The van der Waals surface area contributed by atoms with E-state index >= 15 is 0 Å². The molecule has 1 radical (unpaired) electrons. The quantitative estimate of drug-likeness (QED) is 0.316. The van der Waals surface area contributed by atoms with E-state index < -0.39 is 5.97 Å². The average Bonchev–Trinajstić information content (AvgIpc) is 1.89. The van der Waals surface area contributed by atoms with Gasteiger partial charge in [0.1, 0.15) is 6.61 Å². The molecule has 0 aromatic carbocycles. The van der Waals surface area contributed by atoms with Gasteiger partial charge in [-0.05, 0) is 6.92 Å². The molecule has 0 amide bonds. The molecule has 0 saturated heterocycles. The number of rotatable bonds is 2. The summed E-state index contributed by atoms with van der Waals surface area (Å²) in [5.41, 5.74) is 0. The summed E-state index contributed by atoms with van der Waals surface area (Å²) in [7, 11) is 3.07. The van der Waals surface area contributed by atoms with E-state index in [9.17, 15) is 4.79 Å². The van der Waals surface area contributed by atoms with Crippen LogP contribution in [0.4, 0.5) is 0 Å². The molecule has 0 unspecified atom stereocenters. The molecule has 0 rings (SSSR count). The van der Waals surface area contributed by atoms with Gasteiger partial charge in [-0.15, -0.1) is 0 Å². The molecule has 0 bridgehead atoms. The van der Waals surface area contributed by atoms with E-state index in [4.69, 9.17) is 0 Å². The third-order valence-corrected chi connectivity index (χ3v) is 0.640. The fraction of sp³-hybridized carbons (Fsp3) is 0.429. The molecule has 0 aromatic rings. The van der Waals surface area contributed by atoms with Crippen molar-refractivity contribution in [3.63, 3.8) is 0 Å². The zero-order valence-electron chi connectivity index (χ0n) is 5.85. The topological polar surface area (TPSA) is 35.5 Å². The summed E-state index contributed by atoms with van der Waals surface area (Å²) < 4.78 is 8.84. The Bertz CT molecular complexity index is 152. The first-order valence-corrected chi connectivity index (χ1v) is 2.83. The van der Waals surface area contributed by atoms with Gasteiger partial charge in [0.25, 0.3) is 0 Å². The number of hydrogen-bond acceptors (Lipinski definition) is 3. The molecular formula is C7H9O3. The highest BCUT2D eigenvalue weighted by Crippen LogP contribution is 1.73. The summed E-state index contributed by atoms with van der Waals surface area (Å²) >= 11 is 0. The first-order chi connectivity index (χ1) is 4.81. The first kappa shape index (κ1) is 8.99. The van der Waals surface area contributed by atoms with Gasteiger partial charge in [0.15, 0.2) is 0 Å². The van der Waals surface area contributed by atoms with Crippen molar-refractivity contribution in [3.8, 4) is 11.8 Å². The SMILES string of the molecule is [CH2]OCC#CC(=O)OCC. The van der Waals surface area contributed by atoms with E-state index in [1.165, 1.54) is 0 Å². The molecule has 0 fully saturated rings. The molecule has 0 aliphatic carbocycles. The van der Waals surface area contributed by atoms with Gasteiger partial charge in [0.2, 0.25) is 0 Å². The van der Waals surface area contributed by atoms with E-state index in [1.54, 1.807) is 6.92 Å². The van der Waals surface area contributed by atoms with Crippen molar-refractivity contribution >= 4 is 5.97 Å². The molecular weight excluding hydrogens is 132 g/mol. The minimum Gasteiger partial charge on any atom is -0.456 e. The molecule has 3 heteroatoms. The van der Waals surface area contributed by atoms with Gasteiger partial charge in [0.05, 0.1) is 13.7 Å². The van der Waals surface area contributed by atoms with Gasteiger partial charge in [-0.3, -0.25) is 0 Å². The van der Waals surface area contributed by atoms with Gasteiger partial charge in [-0.1, -0.05) is 5.92 Å². The smallest absolute Gasteiger partial charge is 0.384 e. The zero-order chi connectivity index (χ0) is 7.82. The van der Waals surface area contributed by atoms with Crippen molar-refractivity contribution in [2.75, 3.05) is 13.2 Å². The second kappa shape index (κ2) is 6.12. The molecule has 3 nitrogen and oxygen atoms in total. The van der Waals surface area contributed by atoms with Gasteiger partial charge in [-0.2, -0.15) is 0 Å². The summed E-state index contributed by atoms with van der Waals surface area (Å²) in [5, 5.41) is 0. The third kappa shape index (κ3) is 5.13. The van der Waals surface area contributed by atoms with Crippen molar-refractivity contribution in [1.29, 1.82) is 0 Å². The second-order valence-electron chi connectivity index (χ2n) is 1.37. The lowest BCUT2D eigenvalue weighted by atomic mass is 10.6. The predicted octanol–water partition coefficient (Wildman–Crippen LogP) is 0.361. The molecule has 0 spiro atoms. The third-order valence-electron chi connectivity index (χ3n) is 0.640. The molecule has 0 heterocycles. The van der Waals surface area contributed by atoms with Crippen LogP contribution in [-0.2, 0) is 14.3 Å². The molecule has 0 atom stereocenters. The van der Waals surface area contributed by atoms with E-state index in [-0.39, 0.29) is 6.61 Å². The highest BCUT2D eigenvalue weighted by molar-refractivity contribution is 5.88. The summed E-state index contributed by atoms with van der Waals surface area (Å²) in [5.74, 6) is 4.09. The number of carbonyl (C=O) groups is 1. The summed E-state index contributed by atoms with van der Waals surface area (Å²) in [6, 6.07) is 0. The Morgan fingerprint density at radius 2 is 2.40 bits per heavy atom. The average molecular weight is 141 g/mol. The molecule has 55 valence electrons. The van der Waals surface area contributed by atoms with E-state index in [0.717, 1.165) is 0 Å². The molecule has 0 N–H and O–H groups in total. The van der Waals surface area contributed by atoms with E-state index in [1.807, 2.05) is 0 Å². The molecule has 0 saturated carbocycles. The lowest BCUT2D eigenvalue weighted by molar-refractivity contribution is -0.136. The summed E-state index contributed by atoms with van der Waals surface area (Å²) in [6.45, 7) is 2.22.